The molecule has 0 saturated carbocycles. The standard InChI is InChI=1S/C12H12N2OS2/c15-12-3-8(6-16)5-14(12)9-1-2-11-10(4-9)13-7-17-11/h1-2,4,7-8,16H,3,5-6H2. The van der Waals surface area contributed by atoms with E-state index in [-0.39, 0.29) is 5.91 Å². The summed E-state index contributed by atoms with van der Waals surface area (Å²) >= 11 is 5.89. The number of benzene rings is 1. The Hall–Kier alpha value is -1.07. The van der Waals surface area contributed by atoms with Crippen molar-refractivity contribution in [2.45, 2.75) is 6.42 Å². The van der Waals surface area contributed by atoms with Crippen LogP contribution < -0.4 is 4.90 Å². The number of anilines is 1. The molecule has 17 heavy (non-hydrogen) atoms. The van der Waals surface area contributed by atoms with E-state index in [9.17, 15) is 4.79 Å². The normalized spacial score (nSPS) is 20.4. The molecule has 2 heterocycles. The fourth-order valence-corrected chi connectivity index (χ4v) is 3.07. The zero-order valence-electron chi connectivity index (χ0n) is 9.17. The third-order valence-electron chi connectivity index (χ3n) is 3.09. The molecule has 0 spiro atoms. The second-order valence-corrected chi connectivity index (χ2v) is 5.51. The number of hydrogen-bond donors (Lipinski definition) is 1. The van der Waals surface area contributed by atoms with Gasteiger partial charge in [0.05, 0.1) is 15.7 Å². The van der Waals surface area contributed by atoms with Gasteiger partial charge in [0, 0.05) is 18.7 Å². The maximum absolute atomic E-state index is 11.9. The third-order valence-corrected chi connectivity index (χ3v) is 4.42. The van der Waals surface area contributed by atoms with Gasteiger partial charge < -0.3 is 4.90 Å². The van der Waals surface area contributed by atoms with Gasteiger partial charge in [0.1, 0.15) is 0 Å². The van der Waals surface area contributed by atoms with Crippen molar-refractivity contribution in [1.29, 1.82) is 0 Å². The Morgan fingerprint density at radius 1 is 1.53 bits per heavy atom. The molecule has 0 N–H and O–H groups in total. The molecule has 1 aliphatic rings. The number of thiol groups is 1. The van der Waals surface area contributed by atoms with Gasteiger partial charge in [0.2, 0.25) is 5.91 Å². The Morgan fingerprint density at radius 3 is 3.18 bits per heavy atom. The van der Waals surface area contributed by atoms with Crippen molar-refractivity contribution in [2.24, 2.45) is 5.92 Å². The summed E-state index contributed by atoms with van der Waals surface area (Å²) in [7, 11) is 0. The second kappa shape index (κ2) is 4.31. The molecule has 1 aliphatic heterocycles. The molecule has 3 rings (SSSR count). The lowest BCUT2D eigenvalue weighted by Gasteiger charge is -2.16. The van der Waals surface area contributed by atoms with E-state index < -0.39 is 0 Å². The Balaban J connectivity index is 1.95. The molecular formula is C12H12N2OS2. The largest absolute Gasteiger partial charge is 0.312 e. The number of carbonyl (C=O) groups excluding carboxylic acids is 1. The Morgan fingerprint density at radius 2 is 2.41 bits per heavy atom. The molecule has 0 aliphatic carbocycles. The van der Waals surface area contributed by atoms with Crippen LogP contribution in [-0.2, 0) is 4.79 Å². The molecule has 0 radical (unpaired) electrons. The first-order chi connectivity index (χ1) is 8.28. The summed E-state index contributed by atoms with van der Waals surface area (Å²) in [4.78, 5) is 18.0. The van der Waals surface area contributed by atoms with Crippen LogP contribution in [0.4, 0.5) is 5.69 Å². The summed E-state index contributed by atoms with van der Waals surface area (Å²) in [6.07, 6.45) is 0.610. The van der Waals surface area contributed by atoms with Crippen molar-refractivity contribution in [1.82, 2.24) is 4.98 Å². The molecule has 1 saturated heterocycles. The molecule has 0 bridgehead atoms. The predicted molar refractivity (Wildman–Crippen MR) is 73.9 cm³/mol. The van der Waals surface area contributed by atoms with E-state index in [1.165, 1.54) is 0 Å². The SMILES string of the molecule is O=C1CC(CS)CN1c1ccc2scnc2c1. The Bertz CT molecular complexity index is 566. The minimum absolute atomic E-state index is 0.193. The molecule has 1 aromatic carbocycles. The maximum atomic E-state index is 11.9. The minimum Gasteiger partial charge on any atom is -0.312 e. The smallest absolute Gasteiger partial charge is 0.227 e. The van der Waals surface area contributed by atoms with Crippen LogP contribution >= 0.6 is 24.0 Å². The van der Waals surface area contributed by atoms with Crippen molar-refractivity contribution in [3.63, 3.8) is 0 Å². The summed E-state index contributed by atoms with van der Waals surface area (Å²) in [5, 5.41) is 0. The molecule has 1 atom stereocenters. The number of nitrogens with zero attached hydrogens (tertiary/aromatic N) is 2. The lowest BCUT2D eigenvalue weighted by molar-refractivity contribution is -0.117. The van der Waals surface area contributed by atoms with Gasteiger partial charge in [-0.1, -0.05) is 0 Å². The summed E-state index contributed by atoms with van der Waals surface area (Å²) in [5.41, 5.74) is 3.75. The third kappa shape index (κ3) is 1.93. The minimum atomic E-state index is 0.193. The first-order valence-corrected chi connectivity index (χ1v) is 7.03. The second-order valence-electron chi connectivity index (χ2n) is 4.26. The summed E-state index contributed by atoms with van der Waals surface area (Å²) in [6.45, 7) is 0.776. The highest BCUT2D eigenvalue weighted by atomic mass is 32.1. The number of rotatable bonds is 2. The van der Waals surface area contributed by atoms with Crippen LogP contribution in [0.5, 0.6) is 0 Å². The topological polar surface area (TPSA) is 33.2 Å². The number of carbonyl (C=O) groups is 1. The zero-order chi connectivity index (χ0) is 11.8. The summed E-state index contributed by atoms with van der Waals surface area (Å²) < 4.78 is 1.16. The van der Waals surface area contributed by atoms with Crippen molar-refractivity contribution >= 4 is 45.8 Å². The molecular weight excluding hydrogens is 252 g/mol. The van der Waals surface area contributed by atoms with E-state index in [0.29, 0.717) is 12.3 Å². The van der Waals surface area contributed by atoms with Gasteiger partial charge in [-0.25, -0.2) is 4.98 Å². The Kier molecular flexibility index (Phi) is 2.80. The van der Waals surface area contributed by atoms with Crippen molar-refractivity contribution in [3.8, 4) is 0 Å². The molecule has 1 amide bonds. The monoisotopic (exact) mass is 264 g/mol. The van der Waals surface area contributed by atoms with Crippen LogP contribution in [0.15, 0.2) is 23.7 Å². The van der Waals surface area contributed by atoms with Crippen LogP contribution in [0.1, 0.15) is 6.42 Å². The maximum Gasteiger partial charge on any atom is 0.227 e. The average molecular weight is 264 g/mol. The highest BCUT2D eigenvalue weighted by Crippen LogP contribution is 2.29. The fraction of sp³-hybridized carbons (Fsp3) is 0.333. The van der Waals surface area contributed by atoms with Crippen LogP contribution in [-0.4, -0.2) is 23.2 Å². The highest BCUT2D eigenvalue weighted by Gasteiger charge is 2.29. The molecule has 5 heteroatoms. The number of hydrogen-bond acceptors (Lipinski definition) is 4. The van der Waals surface area contributed by atoms with E-state index in [1.54, 1.807) is 11.3 Å². The van der Waals surface area contributed by atoms with E-state index in [1.807, 2.05) is 28.6 Å². The van der Waals surface area contributed by atoms with Gasteiger partial charge >= 0.3 is 0 Å². The van der Waals surface area contributed by atoms with Crippen LogP contribution in [0, 0.1) is 5.92 Å². The van der Waals surface area contributed by atoms with E-state index in [4.69, 9.17) is 0 Å². The molecule has 1 unspecified atom stereocenters. The number of amides is 1. The van der Waals surface area contributed by atoms with Crippen molar-refractivity contribution < 1.29 is 4.79 Å². The quantitative estimate of drug-likeness (QED) is 0.846. The fourth-order valence-electron chi connectivity index (χ4n) is 2.17. The van der Waals surface area contributed by atoms with Gasteiger partial charge in [0.15, 0.2) is 0 Å². The molecule has 3 nitrogen and oxygen atoms in total. The van der Waals surface area contributed by atoms with Gasteiger partial charge in [-0.3, -0.25) is 4.79 Å². The Labute approximate surface area is 109 Å². The zero-order valence-corrected chi connectivity index (χ0v) is 10.9. The lowest BCUT2D eigenvalue weighted by atomic mass is 10.1. The van der Waals surface area contributed by atoms with Crippen LogP contribution in [0.2, 0.25) is 0 Å². The summed E-state index contributed by atoms with van der Waals surface area (Å²) in [6, 6.07) is 6.02. The first kappa shape index (κ1) is 11.0. The van der Waals surface area contributed by atoms with E-state index >= 15 is 0 Å². The van der Waals surface area contributed by atoms with Crippen molar-refractivity contribution in [3.05, 3.63) is 23.7 Å². The predicted octanol–water partition coefficient (Wildman–Crippen LogP) is 2.58. The molecule has 1 fully saturated rings. The van der Waals surface area contributed by atoms with Gasteiger partial charge in [-0.05, 0) is 29.9 Å². The van der Waals surface area contributed by atoms with Gasteiger partial charge in [-0.2, -0.15) is 12.6 Å². The molecule has 1 aromatic heterocycles. The van der Waals surface area contributed by atoms with Crippen molar-refractivity contribution in [2.75, 3.05) is 17.2 Å². The molecule has 88 valence electrons. The van der Waals surface area contributed by atoms with E-state index in [0.717, 1.165) is 28.2 Å². The van der Waals surface area contributed by atoms with E-state index in [2.05, 4.69) is 17.6 Å². The average Bonchev–Trinajstić information content (AvgIpc) is 2.93. The summed E-state index contributed by atoms with van der Waals surface area (Å²) in [5.74, 6) is 1.33. The highest BCUT2D eigenvalue weighted by molar-refractivity contribution is 7.80. The van der Waals surface area contributed by atoms with Crippen LogP contribution in [0.3, 0.4) is 0 Å². The van der Waals surface area contributed by atoms with Gasteiger partial charge in [-0.15, -0.1) is 11.3 Å². The molecule has 2 aromatic rings. The number of aromatic nitrogens is 1. The number of fused-ring (bicyclic) bond motifs is 1. The van der Waals surface area contributed by atoms with Gasteiger partial charge in [0.25, 0.3) is 0 Å². The van der Waals surface area contributed by atoms with Crippen LogP contribution in [0.25, 0.3) is 10.2 Å². The number of thiazole rings is 1. The first-order valence-electron chi connectivity index (χ1n) is 5.52. The lowest BCUT2D eigenvalue weighted by Crippen LogP contribution is -2.24.